The minimum Gasteiger partial charge on any atom is -0.478 e. The van der Waals surface area contributed by atoms with Gasteiger partial charge in [-0.05, 0) is 6.07 Å². The lowest BCUT2D eigenvalue weighted by Gasteiger charge is -1.89. The van der Waals surface area contributed by atoms with Crippen LogP contribution in [0.1, 0.15) is 20.9 Å². The summed E-state index contributed by atoms with van der Waals surface area (Å²) in [6.07, 6.45) is 1.10. The van der Waals surface area contributed by atoms with Gasteiger partial charge in [-0.15, -0.1) is 0 Å². The molecule has 3 N–H and O–H groups in total. The molecule has 1 rings (SSSR count). The van der Waals surface area contributed by atoms with Crippen LogP contribution in [0.2, 0.25) is 0 Å². The minimum atomic E-state index is -1.23. The average Bonchev–Trinajstić information content (AvgIpc) is 2.32. The maximum absolute atomic E-state index is 10.5. The van der Waals surface area contributed by atoms with E-state index in [-0.39, 0.29) is 11.3 Å². The number of carbonyl (C=O) groups excluding carboxylic acids is 1. The molecular weight excluding hydrogens is 150 g/mol. The Hall–Kier alpha value is -1.78. The average molecular weight is 155 g/mol. The molecule has 0 aromatic carbocycles. The van der Waals surface area contributed by atoms with E-state index in [9.17, 15) is 9.59 Å². The van der Waals surface area contributed by atoms with Gasteiger partial charge in [0.2, 0.25) is 5.76 Å². The second-order valence-electron chi connectivity index (χ2n) is 1.83. The van der Waals surface area contributed by atoms with Crippen LogP contribution in [0, 0.1) is 0 Å². The highest BCUT2D eigenvalue weighted by Gasteiger charge is 2.16. The fourth-order valence-electron chi connectivity index (χ4n) is 0.668. The smallest absolute Gasteiger partial charge is 0.339 e. The van der Waals surface area contributed by atoms with E-state index >= 15 is 0 Å². The second kappa shape index (κ2) is 2.45. The number of amides is 1. The van der Waals surface area contributed by atoms with E-state index in [0.717, 1.165) is 6.26 Å². The van der Waals surface area contributed by atoms with E-state index in [2.05, 4.69) is 4.42 Å². The van der Waals surface area contributed by atoms with Crippen molar-refractivity contribution in [2.75, 3.05) is 0 Å². The molecule has 0 radical (unpaired) electrons. The molecule has 5 heteroatoms. The Morgan fingerprint density at radius 1 is 1.55 bits per heavy atom. The van der Waals surface area contributed by atoms with Gasteiger partial charge in [0.1, 0.15) is 5.56 Å². The van der Waals surface area contributed by atoms with Crippen molar-refractivity contribution in [3.63, 3.8) is 0 Å². The SMILES string of the molecule is NC(=O)c1occc1C(=O)O. The predicted molar refractivity (Wildman–Crippen MR) is 34.2 cm³/mol. The lowest BCUT2D eigenvalue weighted by atomic mass is 10.2. The molecule has 5 nitrogen and oxygen atoms in total. The van der Waals surface area contributed by atoms with Gasteiger partial charge < -0.3 is 15.3 Å². The van der Waals surface area contributed by atoms with Gasteiger partial charge in [-0.25, -0.2) is 4.79 Å². The third kappa shape index (κ3) is 1.21. The van der Waals surface area contributed by atoms with E-state index in [1.54, 1.807) is 0 Å². The number of aromatic carboxylic acids is 1. The number of nitrogens with two attached hydrogens (primary N) is 1. The third-order valence-corrected chi connectivity index (χ3v) is 1.12. The third-order valence-electron chi connectivity index (χ3n) is 1.12. The summed E-state index contributed by atoms with van der Waals surface area (Å²) in [4.78, 5) is 20.8. The summed E-state index contributed by atoms with van der Waals surface area (Å²) in [5.41, 5.74) is 4.59. The van der Waals surface area contributed by atoms with Crippen LogP contribution in [0.4, 0.5) is 0 Å². The zero-order valence-corrected chi connectivity index (χ0v) is 5.40. The normalized spacial score (nSPS) is 9.45. The van der Waals surface area contributed by atoms with E-state index in [1.807, 2.05) is 0 Å². The fraction of sp³-hybridized carbons (Fsp3) is 0. The maximum Gasteiger partial charge on any atom is 0.339 e. The molecule has 11 heavy (non-hydrogen) atoms. The Bertz CT molecular complexity index is 273. The zero-order valence-electron chi connectivity index (χ0n) is 5.40. The summed E-state index contributed by atoms with van der Waals surface area (Å²) in [6, 6.07) is 1.17. The lowest BCUT2D eigenvalue weighted by molar-refractivity contribution is 0.0689. The van der Waals surface area contributed by atoms with Crippen molar-refractivity contribution in [1.82, 2.24) is 0 Å². The minimum absolute atomic E-state index is 0.211. The standard InChI is InChI=1S/C6H5NO4/c7-5(8)4-3(6(9)10)1-2-11-4/h1-2H,(H2,7,8)(H,9,10). The maximum atomic E-state index is 10.5. The summed E-state index contributed by atoms with van der Waals surface area (Å²) in [6.45, 7) is 0. The molecular formula is C6H5NO4. The first-order valence-corrected chi connectivity index (χ1v) is 2.73. The van der Waals surface area contributed by atoms with Gasteiger partial charge in [0.15, 0.2) is 0 Å². The molecule has 0 spiro atoms. The molecule has 58 valence electrons. The Morgan fingerprint density at radius 2 is 2.18 bits per heavy atom. The fourth-order valence-corrected chi connectivity index (χ4v) is 0.668. The molecule has 0 aliphatic heterocycles. The molecule has 1 aromatic heterocycles. The first kappa shape index (κ1) is 7.33. The molecule has 0 aliphatic rings. The van der Waals surface area contributed by atoms with Gasteiger partial charge >= 0.3 is 5.97 Å². The number of hydrogen-bond acceptors (Lipinski definition) is 3. The molecule has 0 saturated heterocycles. The van der Waals surface area contributed by atoms with Crippen LogP contribution in [0.15, 0.2) is 16.7 Å². The van der Waals surface area contributed by atoms with Gasteiger partial charge in [-0.1, -0.05) is 0 Å². The number of furan rings is 1. The molecule has 0 atom stereocenters. The predicted octanol–water partition coefficient (Wildman–Crippen LogP) is 0.0767. The largest absolute Gasteiger partial charge is 0.478 e. The highest BCUT2D eigenvalue weighted by atomic mass is 16.4. The Labute approximate surface area is 61.4 Å². The molecule has 0 aliphatic carbocycles. The van der Waals surface area contributed by atoms with Crippen LogP contribution in [0.25, 0.3) is 0 Å². The van der Waals surface area contributed by atoms with Crippen molar-refractivity contribution < 1.29 is 19.1 Å². The van der Waals surface area contributed by atoms with Crippen LogP contribution in [-0.2, 0) is 0 Å². The van der Waals surface area contributed by atoms with Crippen molar-refractivity contribution in [2.24, 2.45) is 5.73 Å². The number of carbonyl (C=O) groups is 2. The number of hydrogen-bond donors (Lipinski definition) is 2. The number of carboxylic acid groups (broad SMARTS) is 1. The van der Waals surface area contributed by atoms with Crippen LogP contribution in [0.5, 0.6) is 0 Å². The zero-order chi connectivity index (χ0) is 8.43. The Balaban J connectivity index is 3.16. The van der Waals surface area contributed by atoms with E-state index < -0.39 is 11.9 Å². The topological polar surface area (TPSA) is 93.5 Å². The molecule has 1 aromatic rings. The Kier molecular flexibility index (Phi) is 1.63. The summed E-state index contributed by atoms with van der Waals surface area (Å²) in [7, 11) is 0. The molecule has 0 saturated carbocycles. The summed E-state index contributed by atoms with van der Waals surface area (Å²) in [5, 5.41) is 8.44. The van der Waals surface area contributed by atoms with Crippen molar-refractivity contribution in [3.05, 3.63) is 23.7 Å². The number of rotatable bonds is 2. The summed E-state index contributed by atoms with van der Waals surface area (Å²) in [5.74, 6) is -2.43. The number of primary amides is 1. The summed E-state index contributed by atoms with van der Waals surface area (Å²) >= 11 is 0. The van der Waals surface area contributed by atoms with Gasteiger partial charge in [0.25, 0.3) is 5.91 Å². The van der Waals surface area contributed by atoms with Crippen LogP contribution >= 0.6 is 0 Å². The highest BCUT2D eigenvalue weighted by molar-refractivity contribution is 6.01. The van der Waals surface area contributed by atoms with Crippen LogP contribution in [-0.4, -0.2) is 17.0 Å². The highest BCUT2D eigenvalue weighted by Crippen LogP contribution is 2.08. The second-order valence-corrected chi connectivity index (χ2v) is 1.83. The van der Waals surface area contributed by atoms with E-state index in [0.29, 0.717) is 0 Å². The van der Waals surface area contributed by atoms with E-state index in [1.165, 1.54) is 6.07 Å². The Morgan fingerprint density at radius 3 is 2.55 bits per heavy atom. The number of carboxylic acids is 1. The van der Waals surface area contributed by atoms with Gasteiger partial charge in [-0.3, -0.25) is 4.79 Å². The monoisotopic (exact) mass is 155 g/mol. The molecule has 1 amide bonds. The first-order chi connectivity index (χ1) is 5.13. The molecule has 0 fully saturated rings. The van der Waals surface area contributed by atoms with Crippen molar-refractivity contribution in [2.45, 2.75) is 0 Å². The van der Waals surface area contributed by atoms with Gasteiger partial charge in [0.05, 0.1) is 6.26 Å². The van der Waals surface area contributed by atoms with E-state index in [4.69, 9.17) is 10.8 Å². The van der Waals surface area contributed by atoms with Crippen LogP contribution < -0.4 is 5.73 Å². The van der Waals surface area contributed by atoms with Gasteiger partial charge in [0, 0.05) is 0 Å². The summed E-state index contributed by atoms with van der Waals surface area (Å²) < 4.78 is 4.53. The van der Waals surface area contributed by atoms with Crippen molar-refractivity contribution >= 4 is 11.9 Å². The van der Waals surface area contributed by atoms with Crippen LogP contribution in [0.3, 0.4) is 0 Å². The molecule has 0 bridgehead atoms. The molecule has 1 heterocycles. The van der Waals surface area contributed by atoms with Crippen molar-refractivity contribution in [3.8, 4) is 0 Å². The quantitative estimate of drug-likeness (QED) is 0.632. The van der Waals surface area contributed by atoms with Gasteiger partial charge in [-0.2, -0.15) is 0 Å². The molecule has 0 unspecified atom stereocenters. The first-order valence-electron chi connectivity index (χ1n) is 2.73. The van der Waals surface area contributed by atoms with Crippen molar-refractivity contribution in [1.29, 1.82) is 0 Å². The lowest BCUT2D eigenvalue weighted by Crippen LogP contribution is -2.13.